The third-order valence-electron chi connectivity index (χ3n) is 2.49. The molecule has 1 nitrogen and oxygen atoms in total. The lowest BCUT2D eigenvalue weighted by molar-refractivity contribution is 0.603. The van der Waals surface area contributed by atoms with E-state index in [2.05, 4.69) is 38.1 Å². The zero-order chi connectivity index (χ0) is 11.1. The lowest BCUT2D eigenvalue weighted by Gasteiger charge is -2.11. The molecule has 0 amide bonds. The van der Waals surface area contributed by atoms with Crippen LogP contribution in [0.4, 0.5) is 0 Å². The molecule has 1 aromatic rings. The van der Waals surface area contributed by atoms with Gasteiger partial charge < -0.3 is 5.73 Å². The highest BCUT2D eigenvalue weighted by Crippen LogP contribution is 2.22. The van der Waals surface area contributed by atoms with Gasteiger partial charge in [0.1, 0.15) is 0 Å². The SMILES string of the molecule is CCCCC(N)c1ccc(SCC)cc1. The maximum atomic E-state index is 6.10. The Hall–Kier alpha value is -0.470. The Morgan fingerprint density at radius 2 is 1.87 bits per heavy atom. The van der Waals surface area contributed by atoms with Gasteiger partial charge in [-0.05, 0) is 29.9 Å². The lowest BCUT2D eigenvalue weighted by Crippen LogP contribution is -2.09. The van der Waals surface area contributed by atoms with Crippen LogP contribution in [0.5, 0.6) is 0 Å². The van der Waals surface area contributed by atoms with E-state index in [1.165, 1.54) is 23.3 Å². The third kappa shape index (κ3) is 4.27. The van der Waals surface area contributed by atoms with Gasteiger partial charge in [0.15, 0.2) is 0 Å². The van der Waals surface area contributed by atoms with Crippen molar-refractivity contribution in [2.45, 2.75) is 44.0 Å². The monoisotopic (exact) mass is 223 g/mol. The number of benzene rings is 1. The zero-order valence-electron chi connectivity index (χ0n) is 9.70. The molecular weight excluding hydrogens is 202 g/mol. The molecule has 15 heavy (non-hydrogen) atoms. The van der Waals surface area contributed by atoms with Gasteiger partial charge in [-0.3, -0.25) is 0 Å². The van der Waals surface area contributed by atoms with Gasteiger partial charge in [0.05, 0.1) is 0 Å². The quantitative estimate of drug-likeness (QED) is 0.738. The Balaban J connectivity index is 2.54. The summed E-state index contributed by atoms with van der Waals surface area (Å²) in [6.45, 7) is 4.37. The Morgan fingerprint density at radius 3 is 2.40 bits per heavy atom. The smallest absolute Gasteiger partial charge is 0.0294 e. The average Bonchev–Trinajstić information content (AvgIpc) is 2.27. The van der Waals surface area contributed by atoms with Gasteiger partial charge in [0, 0.05) is 10.9 Å². The third-order valence-corrected chi connectivity index (χ3v) is 3.38. The lowest BCUT2D eigenvalue weighted by atomic mass is 10.0. The molecule has 0 aromatic heterocycles. The molecule has 0 aliphatic heterocycles. The number of hydrogen-bond donors (Lipinski definition) is 1. The van der Waals surface area contributed by atoms with Crippen molar-refractivity contribution >= 4 is 11.8 Å². The summed E-state index contributed by atoms with van der Waals surface area (Å²) in [5.41, 5.74) is 7.37. The summed E-state index contributed by atoms with van der Waals surface area (Å²) in [5, 5.41) is 0. The topological polar surface area (TPSA) is 26.0 Å². The zero-order valence-corrected chi connectivity index (χ0v) is 10.5. The summed E-state index contributed by atoms with van der Waals surface area (Å²) in [6.07, 6.45) is 3.53. The molecule has 2 heteroatoms. The van der Waals surface area contributed by atoms with Crippen LogP contribution in [0.3, 0.4) is 0 Å². The molecular formula is C13H21NS. The molecule has 0 saturated heterocycles. The molecule has 1 unspecified atom stereocenters. The first-order valence-corrected chi connectivity index (χ1v) is 6.74. The predicted molar refractivity (Wildman–Crippen MR) is 69.3 cm³/mol. The highest BCUT2D eigenvalue weighted by Gasteiger charge is 2.04. The van der Waals surface area contributed by atoms with E-state index in [0.29, 0.717) is 0 Å². The second-order valence-corrected chi connectivity index (χ2v) is 5.09. The number of hydrogen-bond acceptors (Lipinski definition) is 2. The molecule has 0 radical (unpaired) electrons. The second kappa shape index (κ2) is 6.91. The van der Waals surface area contributed by atoms with E-state index in [4.69, 9.17) is 5.73 Å². The van der Waals surface area contributed by atoms with Crippen molar-refractivity contribution in [1.82, 2.24) is 0 Å². The molecule has 0 fully saturated rings. The van der Waals surface area contributed by atoms with Crippen molar-refractivity contribution in [3.8, 4) is 0 Å². The Bertz CT molecular complexity index is 268. The summed E-state index contributed by atoms with van der Waals surface area (Å²) in [4.78, 5) is 1.34. The van der Waals surface area contributed by atoms with E-state index in [1.807, 2.05) is 11.8 Å². The average molecular weight is 223 g/mol. The molecule has 1 rings (SSSR count). The van der Waals surface area contributed by atoms with E-state index in [-0.39, 0.29) is 6.04 Å². The molecule has 84 valence electrons. The molecule has 0 aliphatic rings. The Morgan fingerprint density at radius 1 is 1.20 bits per heavy atom. The van der Waals surface area contributed by atoms with Crippen LogP contribution < -0.4 is 5.73 Å². The van der Waals surface area contributed by atoms with Crippen LogP contribution in [-0.4, -0.2) is 5.75 Å². The molecule has 0 spiro atoms. The Labute approximate surface area is 97.4 Å². The van der Waals surface area contributed by atoms with Gasteiger partial charge in [-0.2, -0.15) is 0 Å². The highest BCUT2D eigenvalue weighted by atomic mass is 32.2. The molecule has 1 aromatic carbocycles. The minimum atomic E-state index is 0.214. The first-order valence-electron chi connectivity index (χ1n) is 5.76. The number of unbranched alkanes of at least 4 members (excludes halogenated alkanes) is 1. The van der Waals surface area contributed by atoms with Crippen LogP contribution in [0, 0.1) is 0 Å². The van der Waals surface area contributed by atoms with E-state index in [0.717, 1.165) is 12.2 Å². The van der Waals surface area contributed by atoms with Gasteiger partial charge in [-0.1, -0.05) is 38.8 Å². The number of thioether (sulfide) groups is 1. The van der Waals surface area contributed by atoms with Gasteiger partial charge in [-0.25, -0.2) is 0 Å². The van der Waals surface area contributed by atoms with Crippen molar-refractivity contribution < 1.29 is 0 Å². The Kier molecular flexibility index (Phi) is 5.81. The molecule has 1 atom stereocenters. The molecule has 0 heterocycles. The number of nitrogens with two attached hydrogens (primary N) is 1. The summed E-state index contributed by atoms with van der Waals surface area (Å²) < 4.78 is 0. The van der Waals surface area contributed by atoms with Crippen LogP contribution in [0.15, 0.2) is 29.2 Å². The molecule has 0 aliphatic carbocycles. The van der Waals surface area contributed by atoms with Gasteiger partial charge >= 0.3 is 0 Å². The minimum Gasteiger partial charge on any atom is -0.324 e. The fraction of sp³-hybridized carbons (Fsp3) is 0.538. The minimum absolute atomic E-state index is 0.214. The fourth-order valence-electron chi connectivity index (χ4n) is 1.57. The van der Waals surface area contributed by atoms with Crippen LogP contribution in [0.2, 0.25) is 0 Å². The summed E-state index contributed by atoms with van der Waals surface area (Å²) >= 11 is 1.87. The summed E-state index contributed by atoms with van der Waals surface area (Å²) in [6, 6.07) is 8.90. The van der Waals surface area contributed by atoms with Crippen molar-refractivity contribution in [2.24, 2.45) is 5.73 Å². The van der Waals surface area contributed by atoms with E-state index in [1.54, 1.807) is 0 Å². The van der Waals surface area contributed by atoms with Crippen LogP contribution in [-0.2, 0) is 0 Å². The van der Waals surface area contributed by atoms with E-state index in [9.17, 15) is 0 Å². The molecule has 2 N–H and O–H groups in total. The van der Waals surface area contributed by atoms with Crippen molar-refractivity contribution in [1.29, 1.82) is 0 Å². The van der Waals surface area contributed by atoms with Crippen LogP contribution in [0.1, 0.15) is 44.7 Å². The van der Waals surface area contributed by atoms with Crippen molar-refractivity contribution in [3.05, 3.63) is 29.8 Å². The van der Waals surface area contributed by atoms with Crippen molar-refractivity contribution in [3.63, 3.8) is 0 Å². The van der Waals surface area contributed by atoms with E-state index >= 15 is 0 Å². The van der Waals surface area contributed by atoms with Gasteiger partial charge in [0.25, 0.3) is 0 Å². The predicted octanol–water partition coefficient (Wildman–Crippen LogP) is 3.99. The maximum absolute atomic E-state index is 6.10. The standard InChI is InChI=1S/C13H21NS/c1-3-5-6-13(14)11-7-9-12(10-8-11)15-4-2/h7-10,13H,3-6,14H2,1-2H3. The summed E-state index contributed by atoms with van der Waals surface area (Å²) in [5.74, 6) is 1.13. The summed E-state index contributed by atoms with van der Waals surface area (Å²) in [7, 11) is 0. The first kappa shape index (κ1) is 12.6. The van der Waals surface area contributed by atoms with Crippen LogP contribution >= 0.6 is 11.8 Å². The number of rotatable bonds is 6. The molecule has 0 saturated carbocycles. The van der Waals surface area contributed by atoms with E-state index < -0.39 is 0 Å². The van der Waals surface area contributed by atoms with Crippen LogP contribution in [0.25, 0.3) is 0 Å². The highest BCUT2D eigenvalue weighted by molar-refractivity contribution is 7.99. The van der Waals surface area contributed by atoms with Gasteiger partial charge in [0.2, 0.25) is 0 Å². The van der Waals surface area contributed by atoms with Crippen molar-refractivity contribution in [2.75, 3.05) is 5.75 Å². The normalized spacial score (nSPS) is 12.7. The second-order valence-electron chi connectivity index (χ2n) is 3.75. The van der Waals surface area contributed by atoms with Gasteiger partial charge in [-0.15, -0.1) is 11.8 Å². The first-order chi connectivity index (χ1) is 7.27. The fourth-order valence-corrected chi connectivity index (χ4v) is 2.23. The molecule has 0 bridgehead atoms. The maximum Gasteiger partial charge on any atom is 0.0294 e. The largest absolute Gasteiger partial charge is 0.324 e.